The molecule has 1 heterocycles. The lowest BCUT2D eigenvalue weighted by Gasteiger charge is -2.26. The van der Waals surface area contributed by atoms with Gasteiger partial charge in [0.15, 0.2) is 0 Å². The molecule has 0 aliphatic carbocycles. The Bertz CT molecular complexity index is 664. The summed E-state index contributed by atoms with van der Waals surface area (Å²) in [6.07, 6.45) is 0.363. The van der Waals surface area contributed by atoms with E-state index in [4.69, 9.17) is 5.73 Å². The van der Waals surface area contributed by atoms with E-state index in [1.807, 2.05) is 42.6 Å². The number of nitrogens with two attached hydrogens (primary N) is 1. The molecule has 1 fully saturated rings. The predicted octanol–water partition coefficient (Wildman–Crippen LogP) is 1.26. The second-order valence-corrected chi connectivity index (χ2v) is 8.13. The molecule has 0 unspecified atom stereocenters. The van der Waals surface area contributed by atoms with Gasteiger partial charge in [-0.3, -0.25) is 14.4 Å². The Morgan fingerprint density at radius 2 is 1.75 bits per heavy atom. The number of hydrogen-bond acceptors (Lipinski definition) is 5. The van der Waals surface area contributed by atoms with Gasteiger partial charge in [-0.05, 0) is 23.6 Å². The van der Waals surface area contributed by atoms with E-state index in [9.17, 15) is 14.4 Å². The van der Waals surface area contributed by atoms with Gasteiger partial charge < -0.3 is 21.3 Å². The molecule has 156 valence electrons. The van der Waals surface area contributed by atoms with Crippen LogP contribution >= 0.6 is 24.2 Å². The van der Waals surface area contributed by atoms with Gasteiger partial charge in [0.05, 0.1) is 19.0 Å². The molecule has 0 bridgehead atoms. The molecule has 28 heavy (non-hydrogen) atoms. The van der Waals surface area contributed by atoms with E-state index in [1.54, 1.807) is 12.1 Å². The molecule has 9 heteroatoms. The number of carbonyl (C=O) groups excluding carboxylic acids is 3. The predicted molar refractivity (Wildman–Crippen MR) is 116 cm³/mol. The summed E-state index contributed by atoms with van der Waals surface area (Å²) in [5, 5.41) is 5.25. The molecule has 1 aromatic rings. The number of amides is 3. The summed E-state index contributed by atoms with van der Waals surface area (Å²) in [7, 11) is 0. The van der Waals surface area contributed by atoms with Crippen molar-refractivity contribution in [3.8, 4) is 0 Å². The largest absolute Gasteiger partial charge is 0.346 e. The maximum atomic E-state index is 12.3. The standard InChI is InChI=1S/C19H28N4O3S.ClH/c1-13(2)18(20)19(26)21-12-16(24)22-15-5-3-14(4-6-15)11-17(25)23-7-9-27-10-8-23;/h3-6,13,18H,7-12,20H2,1-2H3,(H,21,26)(H,22,24);1H/t18-;/m0./s1. The van der Waals surface area contributed by atoms with Gasteiger partial charge >= 0.3 is 0 Å². The molecule has 1 aromatic carbocycles. The van der Waals surface area contributed by atoms with Crippen molar-refractivity contribution in [2.24, 2.45) is 11.7 Å². The normalized spacial score (nSPS) is 14.8. The number of thioether (sulfide) groups is 1. The van der Waals surface area contributed by atoms with Crippen LogP contribution in [0.15, 0.2) is 24.3 Å². The van der Waals surface area contributed by atoms with Gasteiger partial charge in [-0.25, -0.2) is 0 Å². The number of halogens is 1. The zero-order valence-corrected chi connectivity index (χ0v) is 17.9. The molecular weight excluding hydrogens is 400 g/mol. The van der Waals surface area contributed by atoms with Crippen molar-refractivity contribution in [2.45, 2.75) is 26.3 Å². The van der Waals surface area contributed by atoms with Crippen LogP contribution in [0.4, 0.5) is 5.69 Å². The molecular formula is C19H29ClN4O3S. The first-order valence-electron chi connectivity index (χ1n) is 9.14. The summed E-state index contributed by atoms with van der Waals surface area (Å²) < 4.78 is 0. The molecule has 0 saturated carbocycles. The number of hydrogen-bond donors (Lipinski definition) is 3. The zero-order valence-electron chi connectivity index (χ0n) is 16.3. The van der Waals surface area contributed by atoms with Crippen LogP contribution < -0.4 is 16.4 Å². The topological polar surface area (TPSA) is 105 Å². The smallest absolute Gasteiger partial charge is 0.243 e. The number of nitrogens with one attached hydrogen (secondary N) is 2. The van der Waals surface area contributed by atoms with E-state index >= 15 is 0 Å². The van der Waals surface area contributed by atoms with Gasteiger partial charge in [-0.2, -0.15) is 11.8 Å². The maximum Gasteiger partial charge on any atom is 0.243 e. The lowest BCUT2D eigenvalue weighted by Crippen LogP contribution is -2.46. The van der Waals surface area contributed by atoms with Crippen LogP contribution in [0.25, 0.3) is 0 Å². The minimum Gasteiger partial charge on any atom is -0.346 e. The highest BCUT2D eigenvalue weighted by atomic mass is 35.5. The number of rotatable bonds is 7. The Kier molecular flexibility index (Phi) is 10.3. The van der Waals surface area contributed by atoms with Crippen LogP contribution in [0.5, 0.6) is 0 Å². The third-order valence-corrected chi connectivity index (χ3v) is 5.34. The minimum absolute atomic E-state index is 0. The van der Waals surface area contributed by atoms with Crippen molar-refractivity contribution in [3.05, 3.63) is 29.8 Å². The molecule has 0 aromatic heterocycles. The fraction of sp³-hybridized carbons (Fsp3) is 0.526. The van der Waals surface area contributed by atoms with Crippen LogP contribution in [-0.4, -0.2) is 59.8 Å². The van der Waals surface area contributed by atoms with Crippen LogP contribution in [0.1, 0.15) is 19.4 Å². The fourth-order valence-corrected chi connectivity index (χ4v) is 3.50. The van der Waals surface area contributed by atoms with Crippen LogP contribution in [0.2, 0.25) is 0 Å². The molecule has 1 atom stereocenters. The number of anilines is 1. The van der Waals surface area contributed by atoms with E-state index in [0.29, 0.717) is 12.1 Å². The van der Waals surface area contributed by atoms with Gasteiger partial charge in [0, 0.05) is 30.3 Å². The second-order valence-electron chi connectivity index (χ2n) is 6.90. The van der Waals surface area contributed by atoms with Crippen molar-refractivity contribution in [1.29, 1.82) is 0 Å². The molecule has 0 radical (unpaired) electrons. The monoisotopic (exact) mass is 428 g/mol. The van der Waals surface area contributed by atoms with Crippen molar-refractivity contribution < 1.29 is 14.4 Å². The first-order chi connectivity index (χ1) is 12.9. The van der Waals surface area contributed by atoms with Crippen LogP contribution in [0, 0.1) is 5.92 Å². The number of carbonyl (C=O) groups is 3. The van der Waals surface area contributed by atoms with E-state index in [2.05, 4.69) is 10.6 Å². The van der Waals surface area contributed by atoms with E-state index in [0.717, 1.165) is 30.2 Å². The Hall–Kier alpha value is -1.77. The van der Waals surface area contributed by atoms with E-state index in [-0.39, 0.29) is 42.6 Å². The summed E-state index contributed by atoms with van der Waals surface area (Å²) in [5.74, 6) is 1.47. The fourth-order valence-electron chi connectivity index (χ4n) is 2.60. The van der Waals surface area contributed by atoms with E-state index < -0.39 is 6.04 Å². The van der Waals surface area contributed by atoms with Crippen molar-refractivity contribution in [3.63, 3.8) is 0 Å². The molecule has 1 aliphatic rings. The SMILES string of the molecule is CC(C)[C@H](N)C(=O)NCC(=O)Nc1ccc(CC(=O)N2CCSCC2)cc1.Cl. The Morgan fingerprint density at radius 3 is 2.32 bits per heavy atom. The average molecular weight is 429 g/mol. The lowest BCUT2D eigenvalue weighted by atomic mass is 10.1. The van der Waals surface area contributed by atoms with Gasteiger partial charge in [0.2, 0.25) is 17.7 Å². The molecule has 7 nitrogen and oxygen atoms in total. The molecule has 2 rings (SSSR count). The average Bonchev–Trinajstić information content (AvgIpc) is 2.67. The van der Waals surface area contributed by atoms with Crippen LogP contribution in [-0.2, 0) is 20.8 Å². The number of nitrogens with zero attached hydrogens (tertiary/aromatic N) is 1. The summed E-state index contributed by atoms with van der Waals surface area (Å²) in [6, 6.07) is 6.55. The molecule has 1 saturated heterocycles. The van der Waals surface area contributed by atoms with Crippen molar-refractivity contribution in [2.75, 3.05) is 36.5 Å². The third kappa shape index (κ3) is 7.69. The number of benzene rings is 1. The second kappa shape index (κ2) is 11.9. The maximum absolute atomic E-state index is 12.3. The van der Waals surface area contributed by atoms with Crippen molar-refractivity contribution >= 4 is 47.6 Å². The Labute approximate surface area is 176 Å². The zero-order chi connectivity index (χ0) is 19.8. The van der Waals surface area contributed by atoms with E-state index in [1.165, 1.54) is 0 Å². The molecule has 0 spiro atoms. The van der Waals surface area contributed by atoms with Gasteiger partial charge in [0.1, 0.15) is 0 Å². The summed E-state index contributed by atoms with van der Waals surface area (Å²) in [5.41, 5.74) is 7.26. The molecule has 3 amide bonds. The first-order valence-corrected chi connectivity index (χ1v) is 10.3. The van der Waals surface area contributed by atoms with Gasteiger partial charge in [-0.15, -0.1) is 12.4 Å². The van der Waals surface area contributed by atoms with Gasteiger partial charge in [0.25, 0.3) is 0 Å². The van der Waals surface area contributed by atoms with Crippen molar-refractivity contribution in [1.82, 2.24) is 10.2 Å². The Balaban J connectivity index is 0.00000392. The lowest BCUT2D eigenvalue weighted by molar-refractivity contribution is -0.130. The summed E-state index contributed by atoms with van der Waals surface area (Å²) in [4.78, 5) is 37.9. The van der Waals surface area contributed by atoms with Gasteiger partial charge in [-0.1, -0.05) is 26.0 Å². The summed E-state index contributed by atoms with van der Waals surface area (Å²) in [6.45, 7) is 5.18. The third-order valence-electron chi connectivity index (χ3n) is 4.40. The van der Waals surface area contributed by atoms with Crippen LogP contribution in [0.3, 0.4) is 0 Å². The minimum atomic E-state index is -0.631. The first kappa shape index (κ1) is 24.3. The summed E-state index contributed by atoms with van der Waals surface area (Å²) >= 11 is 1.87. The highest BCUT2D eigenvalue weighted by Crippen LogP contribution is 2.13. The molecule has 4 N–H and O–H groups in total. The quantitative estimate of drug-likeness (QED) is 0.606. The highest BCUT2D eigenvalue weighted by Gasteiger charge is 2.18. The molecule has 1 aliphatic heterocycles. The highest BCUT2D eigenvalue weighted by molar-refractivity contribution is 7.99. The Morgan fingerprint density at radius 1 is 1.14 bits per heavy atom.